The highest BCUT2D eigenvalue weighted by Gasteiger charge is 2.13. The summed E-state index contributed by atoms with van der Waals surface area (Å²) < 4.78 is 22.0. The fourth-order valence-corrected chi connectivity index (χ4v) is 3.50. The van der Waals surface area contributed by atoms with Gasteiger partial charge >= 0.3 is 0 Å². The van der Waals surface area contributed by atoms with E-state index in [-0.39, 0.29) is 6.61 Å². The van der Waals surface area contributed by atoms with Gasteiger partial charge in [-0.3, -0.25) is 4.79 Å². The summed E-state index contributed by atoms with van der Waals surface area (Å²) in [7, 11) is 3.02. The van der Waals surface area contributed by atoms with Crippen LogP contribution in [0.25, 0.3) is 0 Å². The molecule has 178 valence electrons. The van der Waals surface area contributed by atoms with Crippen LogP contribution in [0.4, 0.5) is 0 Å². The summed E-state index contributed by atoms with van der Waals surface area (Å²) in [6.07, 6.45) is 1.45. The van der Waals surface area contributed by atoms with E-state index in [9.17, 15) is 4.79 Å². The smallest absolute Gasteiger partial charge is 0.271 e. The van der Waals surface area contributed by atoms with Gasteiger partial charge in [0.05, 0.1) is 32.1 Å². The highest BCUT2D eigenvalue weighted by Crippen LogP contribution is 2.37. The Balaban J connectivity index is 1.69. The van der Waals surface area contributed by atoms with Gasteiger partial charge in [-0.25, -0.2) is 5.43 Å². The molecule has 0 aromatic heterocycles. The fraction of sp³-hybridized carbons (Fsp3) is 0.200. The van der Waals surface area contributed by atoms with Crippen LogP contribution in [0.1, 0.15) is 28.4 Å². The average Bonchev–Trinajstić information content (AvgIpc) is 2.84. The molecule has 0 unspecified atom stereocenters. The summed E-state index contributed by atoms with van der Waals surface area (Å²) in [5.74, 6) is 1.41. The summed E-state index contributed by atoms with van der Waals surface area (Å²) in [5.41, 5.74) is 4.28. The fourth-order valence-electron chi connectivity index (χ4n) is 3.03. The molecule has 0 radical (unpaired) electrons. The molecule has 0 saturated heterocycles. The zero-order chi connectivity index (χ0) is 24.5. The molecule has 7 nitrogen and oxygen atoms in total. The van der Waals surface area contributed by atoms with Gasteiger partial charge in [-0.1, -0.05) is 41.4 Å². The molecule has 3 rings (SSSR count). The van der Waals surface area contributed by atoms with Gasteiger partial charge in [0.2, 0.25) is 0 Å². The maximum atomic E-state index is 12.5. The second kappa shape index (κ2) is 12.2. The summed E-state index contributed by atoms with van der Waals surface area (Å²) in [6.45, 7) is 2.58. The molecule has 0 heterocycles. The Morgan fingerprint density at radius 1 is 0.941 bits per heavy atom. The number of hydrazone groups is 1. The molecule has 1 N–H and O–H groups in total. The van der Waals surface area contributed by atoms with E-state index in [1.807, 2.05) is 25.1 Å². The van der Waals surface area contributed by atoms with Gasteiger partial charge < -0.3 is 18.9 Å². The van der Waals surface area contributed by atoms with Gasteiger partial charge in [0.1, 0.15) is 6.61 Å². The number of amides is 1. The summed E-state index contributed by atoms with van der Waals surface area (Å²) in [4.78, 5) is 12.5. The highest BCUT2D eigenvalue weighted by atomic mass is 35.5. The van der Waals surface area contributed by atoms with Gasteiger partial charge in [-0.2, -0.15) is 5.10 Å². The number of carbonyl (C=O) groups excluding carboxylic acids is 1. The van der Waals surface area contributed by atoms with Gasteiger partial charge in [0, 0.05) is 16.1 Å². The van der Waals surface area contributed by atoms with Crippen molar-refractivity contribution in [1.29, 1.82) is 0 Å². The summed E-state index contributed by atoms with van der Waals surface area (Å²) >= 11 is 12.6. The van der Waals surface area contributed by atoms with Gasteiger partial charge in [-0.05, 0) is 48.9 Å². The minimum Gasteiger partial charge on any atom is -0.493 e. The molecule has 0 atom stereocenters. The maximum absolute atomic E-state index is 12.5. The second-order valence-electron chi connectivity index (χ2n) is 6.91. The molecule has 0 aliphatic rings. The lowest BCUT2D eigenvalue weighted by atomic mass is 10.2. The van der Waals surface area contributed by atoms with Crippen molar-refractivity contribution in [3.8, 4) is 23.0 Å². The lowest BCUT2D eigenvalue weighted by Gasteiger charge is -2.14. The third-order valence-electron chi connectivity index (χ3n) is 4.69. The normalized spacial score (nSPS) is 10.7. The van der Waals surface area contributed by atoms with Gasteiger partial charge in [-0.15, -0.1) is 0 Å². The van der Waals surface area contributed by atoms with Crippen LogP contribution in [0.5, 0.6) is 23.0 Å². The Hall–Kier alpha value is -3.42. The number of halogens is 2. The van der Waals surface area contributed by atoms with Crippen molar-refractivity contribution in [2.75, 3.05) is 20.8 Å². The summed E-state index contributed by atoms with van der Waals surface area (Å²) in [6, 6.07) is 15.6. The van der Waals surface area contributed by atoms with Crippen molar-refractivity contribution in [1.82, 2.24) is 5.43 Å². The predicted molar refractivity (Wildman–Crippen MR) is 133 cm³/mol. The van der Waals surface area contributed by atoms with Crippen LogP contribution in [0.2, 0.25) is 10.0 Å². The van der Waals surface area contributed by atoms with Crippen molar-refractivity contribution in [3.05, 3.63) is 81.3 Å². The third kappa shape index (κ3) is 6.34. The highest BCUT2D eigenvalue weighted by molar-refractivity contribution is 6.32. The molecule has 0 bridgehead atoms. The number of hydrogen-bond acceptors (Lipinski definition) is 6. The zero-order valence-corrected chi connectivity index (χ0v) is 20.4. The van der Waals surface area contributed by atoms with E-state index >= 15 is 0 Å². The molecule has 0 aliphatic carbocycles. The molecule has 0 spiro atoms. The molecule has 9 heteroatoms. The number of nitrogens with one attached hydrogen (secondary N) is 1. The summed E-state index contributed by atoms with van der Waals surface area (Å²) in [5, 5.41) is 4.94. The van der Waals surface area contributed by atoms with Gasteiger partial charge in [0.25, 0.3) is 5.91 Å². The predicted octanol–water partition coefficient (Wildman–Crippen LogP) is 5.75. The Morgan fingerprint density at radius 2 is 1.71 bits per heavy atom. The molecule has 0 saturated carbocycles. The Kier molecular flexibility index (Phi) is 9.01. The number of benzene rings is 3. The van der Waals surface area contributed by atoms with E-state index in [1.165, 1.54) is 20.4 Å². The molecule has 3 aromatic carbocycles. The minimum absolute atomic E-state index is 0.227. The largest absolute Gasteiger partial charge is 0.493 e. The molecular formula is C25H24Cl2N2O5. The van der Waals surface area contributed by atoms with E-state index in [0.717, 1.165) is 5.56 Å². The average molecular weight is 503 g/mol. The molecule has 1 amide bonds. The zero-order valence-electron chi connectivity index (χ0n) is 18.9. The first-order chi connectivity index (χ1) is 16.5. The van der Waals surface area contributed by atoms with Crippen LogP contribution in [0.15, 0.2) is 59.7 Å². The van der Waals surface area contributed by atoms with Crippen LogP contribution in [-0.4, -0.2) is 32.9 Å². The Labute approximate surface area is 208 Å². The Morgan fingerprint density at radius 3 is 2.41 bits per heavy atom. The van der Waals surface area contributed by atoms with Crippen LogP contribution in [-0.2, 0) is 6.61 Å². The standard InChI is InChI=1S/C25H24Cl2N2O5/c1-4-33-21-10-9-17(13-22(21)31-2)25(30)29-28-14-16-11-20(27)24(23(12-16)32-3)34-15-18-7-5-6-8-19(18)26/h5-14H,4,15H2,1-3H3,(H,29,30)/b28-14+. The van der Waals surface area contributed by atoms with Crippen LogP contribution in [0, 0.1) is 0 Å². The van der Waals surface area contributed by atoms with Crippen molar-refractivity contribution in [2.45, 2.75) is 13.5 Å². The second-order valence-corrected chi connectivity index (χ2v) is 7.73. The Bertz CT molecular complexity index is 1180. The first kappa shape index (κ1) is 25.2. The minimum atomic E-state index is -0.407. The van der Waals surface area contributed by atoms with E-state index < -0.39 is 5.91 Å². The van der Waals surface area contributed by atoms with Crippen molar-refractivity contribution in [3.63, 3.8) is 0 Å². The van der Waals surface area contributed by atoms with E-state index in [2.05, 4.69) is 10.5 Å². The number of hydrogen-bond donors (Lipinski definition) is 1. The molecule has 0 aliphatic heterocycles. The first-order valence-corrected chi connectivity index (χ1v) is 11.1. The maximum Gasteiger partial charge on any atom is 0.271 e. The van der Waals surface area contributed by atoms with E-state index in [4.69, 9.17) is 42.1 Å². The van der Waals surface area contributed by atoms with Crippen LogP contribution >= 0.6 is 23.2 Å². The van der Waals surface area contributed by atoms with Crippen molar-refractivity contribution in [2.24, 2.45) is 5.10 Å². The number of rotatable bonds is 10. The van der Waals surface area contributed by atoms with Crippen LogP contribution in [0.3, 0.4) is 0 Å². The van der Waals surface area contributed by atoms with Crippen LogP contribution < -0.4 is 24.4 Å². The lowest BCUT2D eigenvalue weighted by molar-refractivity contribution is 0.0954. The number of nitrogens with zero attached hydrogens (tertiary/aromatic N) is 1. The van der Waals surface area contributed by atoms with Crippen molar-refractivity contribution >= 4 is 35.3 Å². The molecule has 3 aromatic rings. The van der Waals surface area contributed by atoms with E-state index in [1.54, 1.807) is 36.4 Å². The topological polar surface area (TPSA) is 78.4 Å². The quantitative estimate of drug-likeness (QED) is 0.282. The molecule has 0 fully saturated rings. The number of methoxy groups -OCH3 is 2. The number of carbonyl (C=O) groups is 1. The molecule has 34 heavy (non-hydrogen) atoms. The lowest BCUT2D eigenvalue weighted by Crippen LogP contribution is -2.17. The van der Waals surface area contributed by atoms with Crippen molar-refractivity contribution < 1.29 is 23.7 Å². The van der Waals surface area contributed by atoms with Gasteiger partial charge in [0.15, 0.2) is 23.0 Å². The third-order valence-corrected chi connectivity index (χ3v) is 5.34. The monoisotopic (exact) mass is 502 g/mol. The molecular weight excluding hydrogens is 479 g/mol. The SMILES string of the molecule is CCOc1ccc(C(=O)N/N=C/c2cc(Cl)c(OCc3ccccc3Cl)c(OC)c2)cc1OC. The number of ether oxygens (including phenoxy) is 4. The van der Waals surface area contributed by atoms with E-state index in [0.29, 0.717) is 50.8 Å². The first-order valence-electron chi connectivity index (χ1n) is 10.3.